The van der Waals surface area contributed by atoms with E-state index in [-0.39, 0.29) is 11.5 Å². The van der Waals surface area contributed by atoms with Crippen LogP contribution in [0.15, 0.2) is 72.8 Å². The molecule has 0 aliphatic rings. The smallest absolute Gasteiger partial charge is 0.339 e. The first-order chi connectivity index (χ1) is 16.0. The predicted molar refractivity (Wildman–Crippen MR) is 126 cm³/mol. The first-order valence-corrected chi connectivity index (χ1v) is 10.2. The maximum Gasteiger partial charge on any atom is 0.339 e. The fourth-order valence-electron chi connectivity index (χ4n) is 3.58. The minimum Gasteiger partial charge on any atom is -0.493 e. The van der Waals surface area contributed by atoms with E-state index in [0.717, 1.165) is 5.56 Å². The number of hydrogen-bond donors (Lipinski definition) is 1. The van der Waals surface area contributed by atoms with Gasteiger partial charge in [-0.05, 0) is 42.5 Å². The van der Waals surface area contributed by atoms with Crippen molar-refractivity contribution in [3.05, 3.63) is 83.9 Å². The van der Waals surface area contributed by atoms with Crippen molar-refractivity contribution in [1.29, 1.82) is 0 Å². The van der Waals surface area contributed by atoms with E-state index in [1.165, 1.54) is 7.11 Å². The standard InChI is InChI=1S/C26H22N2O5/c1-31-23-13-12-16(14-24(23)32-2)22-15-19(17-8-4-6-10-20(17)27-22)25(29)28-21-11-7-5-9-18(21)26(30)33-3/h4-15H,1-3H3,(H,28,29). The van der Waals surface area contributed by atoms with Gasteiger partial charge in [0.1, 0.15) is 0 Å². The summed E-state index contributed by atoms with van der Waals surface area (Å²) in [5.74, 6) is 0.255. The van der Waals surface area contributed by atoms with Crippen LogP contribution in [0, 0.1) is 0 Å². The molecule has 33 heavy (non-hydrogen) atoms. The summed E-state index contributed by atoms with van der Waals surface area (Å²) in [6, 6.07) is 21.3. The zero-order valence-corrected chi connectivity index (χ0v) is 18.4. The van der Waals surface area contributed by atoms with Gasteiger partial charge in [-0.3, -0.25) is 4.79 Å². The fraction of sp³-hybridized carbons (Fsp3) is 0.115. The molecule has 1 N–H and O–H groups in total. The topological polar surface area (TPSA) is 86.8 Å². The lowest BCUT2D eigenvalue weighted by molar-refractivity contribution is 0.0602. The second-order valence-corrected chi connectivity index (χ2v) is 7.13. The average Bonchev–Trinajstić information content (AvgIpc) is 2.87. The van der Waals surface area contributed by atoms with Gasteiger partial charge in [0.15, 0.2) is 11.5 Å². The van der Waals surface area contributed by atoms with Gasteiger partial charge in [-0.1, -0.05) is 30.3 Å². The van der Waals surface area contributed by atoms with Crippen molar-refractivity contribution in [2.45, 2.75) is 0 Å². The van der Waals surface area contributed by atoms with Crippen LogP contribution < -0.4 is 14.8 Å². The van der Waals surface area contributed by atoms with Gasteiger partial charge in [0.05, 0.1) is 49.4 Å². The van der Waals surface area contributed by atoms with E-state index >= 15 is 0 Å². The van der Waals surface area contributed by atoms with E-state index in [9.17, 15) is 9.59 Å². The number of benzene rings is 3. The number of nitrogens with one attached hydrogen (secondary N) is 1. The number of pyridine rings is 1. The Bertz CT molecular complexity index is 1350. The number of esters is 1. The number of anilines is 1. The molecule has 0 aliphatic heterocycles. The van der Waals surface area contributed by atoms with Crippen LogP contribution in [0.1, 0.15) is 20.7 Å². The van der Waals surface area contributed by atoms with Crippen molar-refractivity contribution in [2.75, 3.05) is 26.6 Å². The summed E-state index contributed by atoms with van der Waals surface area (Å²) in [7, 11) is 4.43. The Kier molecular flexibility index (Phi) is 6.22. The molecular formula is C26H22N2O5. The zero-order valence-electron chi connectivity index (χ0n) is 18.4. The highest BCUT2D eigenvalue weighted by atomic mass is 16.5. The maximum atomic E-state index is 13.4. The Hall–Kier alpha value is -4.39. The molecule has 0 fully saturated rings. The summed E-state index contributed by atoms with van der Waals surface area (Å²) in [5, 5.41) is 3.53. The summed E-state index contributed by atoms with van der Waals surface area (Å²) in [4.78, 5) is 30.2. The number of para-hydroxylation sites is 2. The zero-order chi connectivity index (χ0) is 23.4. The Labute approximate surface area is 190 Å². The Morgan fingerprint density at radius 2 is 1.52 bits per heavy atom. The third-order valence-corrected chi connectivity index (χ3v) is 5.22. The molecule has 4 aromatic rings. The molecule has 0 radical (unpaired) electrons. The van der Waals surface area contributed by atoms with Crippen molar-refractivity contribution in [3.8, 4) is 22.8 Å². The van der Waals surface area contributed by atoms with Gasteiger partial charge in [0.25, 0.3) is 5.91 Å². The number of amides is 1. The number of hydrogen-bond acceptors (Lipinski definition) is 6. The van der Waals surface area contributed by atoms with Crippen LogP contribution in [0.25, 0.3) is 22.2 Å². The fourth-order valence-corrected chi connectivity index (χ4v) is 3.58. The molecule has 0 spiro atoms. The molecule has 0 saturated carbocycles. The van der Waals surface area contributed by atoms with E-state index in [1.54, 1.807) is 50.6 Å². The lowest BCUT2D eigenvalue weighted by atomic mass is 10.0. The number of nitrogens with zero attached hydrogens (tertiary/aromatic N) is 1. The highest BCUT2D eigenvalue weighted by molar-refractivity contribution is 6.14. The maximum absolute atomic E-state index is 13.4. The summed E-state index contributed by atoms with van der Waals surface area (Å²) in [5.41, 5.74) is 3.08. The molecule has 7 heteroatoms. The number of fused-ring (bicyclic) bond motifs is 1. The molecule has 0 unspecified atom stereocenters. The number of aromatic nitrogens is 1. The van der Waals surface area contributed by atoms with Crippen LogP contribution in [-0.4, -0.2) is 38.2 Å². The van der Waals surface area contributed by atoms with Crippen LogP contribution >= 0.6 is 0 Å². The monoisotopic (exact) mass is 442 g/mol. The minimum atomic E-state index is -0.531. The second kappa shape index (κ2) is 9.40. The van der Waals surface area contributed by atoms with Gasteiger partial charge in [-0.25, -0.2) is 9.78 Å². The molecule has 0 aliphatic carbocycles. The Morgan fingerprint density at radius 3 is 2.27 bits per heavy atom. The van der Waals surface area contributed by atoms with Gasteiger partial charge in [0.2, 0.25) is 0 Å². The van der Waals surface area contributed by atoms with Crippen molar-refractivity contribution < 1.29 is 23.8 Å². The number of rotatable bonds is 6. The van der Waals surface area contributed by atoms with E-state index < -0.39 is 5.97 Å². The van der Waals surface area contributed by atoms with Gasteiger partial charge >= 0.3 is 5.97 Å². The highest BCUT2D eigenvalue weighted by Gasteiger charge is 2.18. The Morgan fingerprint density at radius 1 is 0.788 bits per heavy atom. The third kappa shape index (κ3) is 4.34. The van der Waals surface area contributed by atoms with Gasteiger partial charge in [-0.2, -0.15) is 0 Å². The Balaban J connectivity index is 1.80. The van der Waals surface area contributed by atoms with Crippen molar-refractivity contribution >= 4 is 28.5 Å². The summed E-state index contributed by atoms with van der Waals surface area (Å²) >= 11 is 0. The first-order valence-electron chi connectivity index (χ1n) is 10.2. The summed E-state index contributed by atoms with van der Waals surface area (Å²) < 4.78 is 15.6. The lowest BCUT2D eigenvalue weighted by Crippen LogP contribution is -2.16. The van der Waals surface area contributed by atoms with Crippen molar-refractivity contribution in [1.82, 2.24) is 4.98 Å². The van der Waals surface area contributed by atoms with E-state index in [4.69, 9.17) is 19.2 Å². The molecule has 1 aromatic heterocycles. The molecule has 1 heterocycles. The average molecular weight is 442 g/mol. The van der Waals surface area contributed by atoms with E-state index in [0.29, 0.717) is 39.3 Å². The van der Waals surface area contributed by atoms with E-state index in [2.05, 4.69) is 5.32 Å². The van der Waals surface area contributed by atoms with Crippen LogP contribution in [0.2, 0.25) is 0 Å². The predicted octanol–water partition coefficient (Wildman–Crippen LogP) is 4.96. The van der Waals surface area contributed by atoms with Crippen molar-refractivity contribution in [2.24, 2.45) is 0 Å². The molecule has 1 amide bonds. The second-order valence-electron chi connectivity index (χ2n) is 7.13. The first kappa shape index (κ1) is 21.8. The van der Waals surface area contributed by atoms with Gasteiger partial charge < -0.3 is 19.5 Å². The third-order valence-electron chi connectivity index (χ3n) is 5.22. The lowest BCUT2D eigenvalue weighted by Gasteiger charge is -2.13. The van der Waals surface area contributed by atoms with Crippen LogP contribution in [0.3, 0.4) is 0 Å². The molecule has 0 saturated heterocycles. The summed E-state index contributed by atoms with van der Waals surface area (Å²) in [6.07, 6.45) is 0. The minimum absolute atomic E-state index is 0.270. The molecule has 166 valence electrons. The van der Waals surface area contributed by atoms with Crippen LogP contribution in [-0.2, 0) is 4.74 Å². The number of methoxy groups -OCH3 is 3. The van der Waals surface area contributed by atoms with Crippen molar-refractivity contribution in [3.63, 3.8) is 0 Å². The molecule has 0 bridgehead atoms. The van der Waals surface area contributed by atoms with Crippen LogP contribution in [0.5, 0.6) is 11.5 Å². The summed E-state index contributed by atoms with van der Waals surface area (Å²) in [6.45, 7) is 0. The SMILES string of the molecule is COC(=O)c1ccccc1NC(=O)c1cc(-c2ccc(OC)c(OC)c2)nc2ccccc12. The van der Waals surface area contributed by atoms with Gasteiger partial charge in [0, 0.05) is 10.9 Å². The molecule has 3 aromatic carbocycles. The van der Waals surface area contributed by atoms with E-state index in [1.807, 2.05) is 36.4 Å². The van der Waals surface area contributed by atoms with Gasteiger partial charge in [-0.15, -0.1) is 0 Å². The molecule has 4 rings (SSSR count). The molecular weight excluding hydrogens is 420 g/mol. The number of carbonyl (C=O) groups excluding carboxylic acids is 2. The molecule has 7 nitrogen and oxygen atoms in total. The number of carbonyl (C=O) groups is 2. The normalized spacial score (nSPS) is 10.5. The quantitative estimate of drug-likeness (QED) is 0.425. The number of ether oxygens (including phenoxy) is 3. The highest BCUT2D eigenvalue weighted by Crippen LogP contribution is 2.33. The largest absolute Gasteiger partial charge is 0.493 e. The molecule has 0 atom stereocenters. The van der Waals surface area contributed by atoms with Crippen LogP contribution in [0.4, 0.5) is 5.69 Å².